The van der Waals surface area contributed by atoms with Crippen molar-refractivity contribution in [2.24, 2.45) is 11.8 Å². The number of nitrogens with one attached hydrogen (secondary N) is 2. The molecule has 0 aromatic heterocycles. The van der Waals surface area contributed by atoms with Crippen LogP contribution < -0.4 is 10.6 Å². The van der Waals surface area contributed by atoms with Crippen molar-refractivity contribution in [2.45, 2.75) is 51.5 Å². The van der Waals surface area contributed by atoms with Crippen LogP contribution in [0.3, 0.4) is 0 Å². The van der Waals surface area contributed by atoms with Crippen LogP contribution in [0.2, 0.25) is 0 Å². The van der Waals surface area contributed by atoms with Crippen LogP contribution in [-0.2, 0) is 4.79 Å². The van der Waals surface area contributed by atoms with Gasteiger partial charge in [-0.05, 0) is 64.0 Å². The second-order valence-corrected chi connectivity index (χ2v) is 5.44. The van der Waals surface area contributed by atoms with E-state index in [0.717, 1.165) is 31.3 Å². The van der Waals surface area contributed by atoms with Crippen LogP contribution in [-0.4, -0.2) is 25.0 Å². The number of carbonyl (C=O) groups excluding carboxylic acids is 1. The van der Waals surface area contributed by atoms with Crippen molar-refractivity contribution in [2.75, 3.05) is 13.1 Å². The highest BCUT2D eigenvalue weighted by molar-refractivity contribution is 5.76. The predicted octanol–water partition coefficient (Wildman–Crippen LogP) is 1.68. The molecule has 16 heavy (non-hydrogen) atoms. The van der Waals surface area contributed by atoms with Gasteiger partial charge in [-0.25, -0.2) is 0 Å². The first-order valence-corrected chi connectivity index (χ1v) is 6.76. The third-order valence-electron chi connectivity index (χ3n) is 3.90. The molecule has 0 spiro atoms. The van der Waals surface area contributed by atoms with Gasteiger partial charge < -0.3 is 10.6 Å². The summed E-state index contributed by atoms with van der Waals surface area (Å²) in [4.78, 5) is 11.7. The maximum atomic E-state index is 11.7. The lowest BCUT2D eigenvalue weighted by molar-refractivity contribution is -0.122. The normalized spacial score (nSPS) is 27.4. The zero-order valence-electron chi connectivity index (χ0n) is 10.3. The van der Waals surface area contributed by atoms with Crippen molar-refractivity contribution in [3.63, 3.8) is 0 Å². The highest BCUT2D eigenvalue weighted by Crippen LogP contribution is 2.32. The molecule has 2 N–H and O–H groups in total. The molecule has 2 unspecified atom stereocenters. The van der Waals surface area contributed by atoms with E-state index in [9.17, 15) is 4.79 Å². The topological polar surface area (TPSA) is 41.1 Å². The molecule has 0 bridgehead atoms. The van der Waals surface area contributed by atoms with Gasteiger partial charge in [0.1, 0.15) is 0 Å². The molecule has 2 fully saturated rings. The minimum absolute atomic E-state index is 0.255. The van der Waals surface area contributed by atoms with Crippen LogP contribution in [0.5, 0.6) is 0 Å². The standard InChI is InChI=1S/C13H24N2O/c1-10(12-5-6-12)15-13(16)7-4-11-3-2-8-14-9-11/h10-12,14H,2-9H2,1H3,(H,15,16). The fraction of sp³-hybridized carbons (Fsp3) is 0.923. The molecule has 1 aliphatic heterocycles. The largest absolute Gasteiger partial charge is 0.353 e. The van der Waals surface area contributed by atoms with Crippen LogP contribution in [0.4, 0.5) is 0 Å². The number of hydrogen-bond acceptors (Lipinski definition) is 2. The molecule has 1 heterocycles. The first kappa shape index (κ1) is 11.9. The Labute approximate surface area is 98.4 Å². The molecular weight excluding hydrogens is 200 g/mol. The van der Waals surface area contributed by atoms with Crippen LogP contribution in [0.15, 0.2) is 0 Å². The average Bonchev–Trinajstić information content (AvgIpc) is 3.11. The number of rotatable bonds is 5. The summed E-state index contributed by atoms with van der Waals surface area (Å²) in [6.07, 6.45) is 6.92. The van der Waals surface area contributed by atoms with Crippen molar-refractivity contribution in [3.05, 3.63) is 0 Å². The Morgan fingerprint density at radius 2 is 2.25 bits per heavy atom. The first-order valence-electron chi connectivity index (χ1n) is 6.76. The summed E-state index contributed by atoms with van der Waals surface area (Å²) in [5.74, 6) is 1.74. The Morgan fingerprint density at radius 3 is 2.88 bits per heavy atom. The monoisotopic (exact) mass is 224 g/mol. The van der Waals surface area contributed by atoms with Crippen LogP contribution >= 0.6 is 0 Å². The Hall–Kier alpha value is -0.570. The van der Waals surface area contributed by atoms with E-state index in [4.69, 9.17) is 0 Å². The van der Waals surface area contributed by atoms with Gasteiger partial charge in [-0.3, -0.25) is 4.79 Å². The van der Waals surface area contributed by atoms with E-state index in [-0.39, 0.29) is 5.91 Å². The number of piperidine rings is 1. The zero-order valence-corrected chi connectivity index (χ0v) is 10.3. The average molecular weight is 224 g/mol. The van der Waals surface area contributed by atoms with Gasteiger partial charge in [0, 0.05) is 12.5 Å². The Bertz CT molecular complexity index is 232. The van der Waals surface area contributed by atoms with E-state index in [1.54, 1.807) is 0 Å². The highest BCUT2D eigenvalue weighted by atomic mass is 16.1. The summed E-state index contributed by atoms with van der Waals surface area (Å²) < 4.78 is 0. The molecule has 2 rings (SSSR count). The summed E-state index contributed by atoms with van der Waals surface area (Å²) >= 11 is 0. The van der Waals surface area contributed by atoms with Crippen molar-refractivity contribution < 1.29 is 4.79 Å². The van der Waals surface area contributed by atoms with E-state index in [1.807, 2.05) is 0 Å². The van der Waals surface area contributed by atoms with E-state index >= 15 is 0 Å². The van der Waals surface area contributed by atoms with Gasteiger partial charge in [0.25, 0.3) is 0 Å². The molecule has 0 radical (unpaired) electrons. The summed E-state index contributed by atoms with van der Waals surface area (Å²) in [5, 5.41) is 6.52. The molecule has 92 valence electrons. The molecule has 2 atom stereocenters. The second-order valence-electron chi connectivity index (χ2n) is 5.44. The third kappa shape index (κ3) is 3.78. The van der Waals surface area contributed by atoms with Gasteiger partial charge in [-0.1, -0.05) is 0 Å². The van der Waals surface area contributed by atoms with Crippen molar-refractivity contribution in [1.82, 2.24) is 10.6 Å². The lowest BCUT2D eigenvalue weighted by Gasteiger charge is -2.22. The quantitative estimate of drug-likeness (QED) is 0.746. The van der Waals surface area contributed by atoms with Crippen molar-refractivity contribution in [3.8, 4) is 0 Å². The zero-order chi connectivity index (χ0) is 11.4. The Morgan fingerprint density at radius 1 is 1.44 bits per heavy atom. The smallest absolute Gasteiger partial charge is 0.220 e. The minimum atomic E-state index is 0.255. The lowest BCUT2D eigenvalue weighted by Crippen LogP contribution is -2.35. The molecule has 1 saturated heterocycles. The molecule has 2 aliphatic rings. The highest BCUT2D eigenvalue weighted by Gasteiger charge is 2.28. The van der Waals surface area contributed by atoms with E-state index in [0.29, 0.717) is 12.5 Å². The Balaban J connectivity index is 1.58. The van der Waals surface area contributed by atoms with Gasteiger partial charge in [-0.15, -0.1) is 0 Å². The molecule has 0 aromatic rings. The number of hydrogen-bond donors (Lipinski definition) is 2. The summed E-state index contributed by atoms with van der Waals surface area (Å²) in [6.45, 7) is 4.39. The molecule has 1 saturated carbocycles. The Kier molecular flexibility index (Phi) is 4.22. The van der Waals surface area contributed by atoms with E-state index < -0.39 is 0 Å². The molecule has 3 nitrogen and oxygen atoms in total. The summed E-state index contributed by atoms with van der Waals surface area (Å²) in [7, 11) is 0. The number of amides is 1. The predicted molar refractivity (Wildman–Crippen MR) is 65.2 cm³/mol. The van der Waals surface area contributed by atoms with E-state index in [2.05, 4.69) is 17.6 Å². The van der Waals surface area contributed by atoms with Crippen LogP contribution in [0.1, 0.15) is 45.4 Å². The van der Waals surface area contributed by atoms with E-state index in [1.165, 1.54) is 25.7 Å². The maximum absolute atomic E-state index is 11.7. The number of carbonyl (C=O) groups is 1. The van der Waals surface area contributed by atoms with Crippen LogP contribution in [0.25, 0.3) is 0 Å². The molecule has 1 amide bonds. The third-order valence-corrected chi connectivity index (χ3v) is 3.90. The minimum Gasteiger partial charge on any atom is -0.353 e. The van der Waals surface area contributed by atoms with Gasteiger partial charge >= 0.3 is 0 Å². The lowest BCUT2D eigenvalue weighted by atomic mass is 9.94. The second kappa shape index (κ2) is 5.67. The first-order chi connectivity index (χ1) is 7.75. The molecule has 0 aromatic carbocycles. The van der Waals surface area contributed by atoms with Gasteiger partial charge in [-0.2, -0.15) is 0 Å². The van der Waals surface area contributed by atoms with Crippen LogP contribution in [0, 0.1) is 11.8 Å². The van der Waals surface area contributed by atoms with Crippen molar-refractivity contribution >= 4 is 5.91 Å². The van der Waals surface area contributed by atoms with Gasteiger partial charge in [0.2, 0.25) is 5.91 Å². The van der Waals surface area contributed by atoms with Crippen molar-refractivity contribution in [1.29, 1.82) is 0 Å². The summed E-state index contributed by atoms with van der Waals surface area (Å²) in [5.41, 5.74) is 0. The fourth-order valence-corrected chi connectivity index (χ4v) is 2.55. The molecule has 1 aliphatic carbocycles. The molecule has 3 heteroatoms. The fourth-order valence-electron chi connectivity index (χ4n) is 2.55. The molecular formula is C13H24N2O. The summed E-state index contributed by atoms with van der Waals surface area (Å²) in [6, 6.07) is 0.400. The van der Waals surface area contributed by atoms with Gasteiger partial charge in [0.05, 0.1) is 0 Å². The SMILES string of the molecule is CC(NC(=O)CCC1CCCNC1)C1CC1. The maximum Gasteiger partial charge on any atom is 0.220 e. The van der Waals surface area contributed by atoms with Gasteiger partial charge in [0.15, 0.2) is 0 Å².